The molecule has 0 bridgehead atoms. The minimum atomic E-state index is -0.407. The summed E-state index contributed by atoms with van der Waals surface area (Å²) in [6.45, 7) is 7.26. The molecule has 0 radical (unpaired) electrons. The summed E-state index contributed by atoms with van der Waals surface area (Å²) in [5, 5.41) is 32.6. The Morgan fingerprint density at radius 3 is 2.04 bits per heavy atom. The summed E-state index contributed by atoms with van der Waals surface area (Å²) in [6.07, 6.45) is 18.7. The van der Waals surface area contributed by atoms with E-state index in [1.54, 1.807) is 4.68 Å². The number of thioether (sulfide) groups is 1. The van der Waals surface area contributed by atoms with Gasteiger partial charge in [0.1, 0.15) is 23.5 Å². The molecule has 0 amide bonds. The third kappa shape index (κ3) is 9.21. The molecule has 0 saturated heterocycles. The number of para-hydroxylation sites is 1. The zero-order valence-corrected chi connectivity index (χ0v) is 28.1. The Balaban J connectivity index is 1.29. The third-order valence-electron chi connectivity index (χ3n) is 8.82. The minimum absolute atomic E-state index is 0.120. The van der Waals surface area contributed by atoms with Gasteiger partial charge in [0.05, 0.1) is 12.3 Å². The maximum atomic E-state index is 9.91. The van der Waals surface area contributed by atoms with Gasteiger partial charge in [0, 0.05) is 16.2 Å². The number of unbranched alkanes of at least 4 members (excludes halogenated alkanes) is 13. The van der Waals surface area contributed by atoms with Gasteiger partial charge in [-0.25, -0.2) is 0 Å². The Kier molecular flexibility index (Phi) is 13.5. The van der Waals surface area contributed by atoms with Crippen LogP contribution in [0.1, 0.15) is 122 Å². The number of fused-ring (bicyclic) bond motifs is 1. The van der Waals surface area contributed by atoms with E-state index in [1.165, 1.54) is 95.2 Å². The van der Waals surface area contributed by atoms with Crippen molar-refractivity contribution < 1.29 is 4.74 Å². The second-order valence-electron chi connectivity index (χ2n) is 12.6. The molecule has 2 aromatic carbocycles. The molecular formula is C37H48N6OS. The molecule has 1 atom stereocenters. The van der Waals surface area contributed by atoms with Gasteiger partial charge in [-0.3, -0.25) is 0 Å². The number of hydrogen-bond acceptors (Lipinski definition) is 7. The molecule has 7 nitrogen and oxygen atoms in total. The first-order valence-corrected chi connectivity index (χ1v) is 17.7. The highest BCUT2D eigenvalue weighted by molar-refractivity contribution is 8.00. The predicted molar refractivity (Wildman–Crippen MR) is 182 cm³/mol. The van der Waals surface area contributed by atoms with Crippen molar-refractivity contribution in [3.05, 3.63) is 65.2 Å². The quantitative estimate of drug-likeness (QED) is 0.0966. The number of nitrogens with zero attached hydrogens (tertiary/aromatic N) is 6. The molecule has 1 unspecified atom stereocenters. The van der Waals surface area contributed by atoms with Crippen LogP contribution in [-0.4, -0.2) is 32.1 Å². The number of hydrogen-bond donors (Lipinski definition) is 0. The third-order valence-corrected chi connectivity index (χ3v) is 10.3. The van der Waals surface area contributed by atoms with E-state index in [2.05, 4.69) is 54.5 Å². The minimum Gasteiger partial charge on any atom is -0.494 e. The first-order chi connectivity index (χ1) is 22.0. The van der Waals surface area contributed by atoms with Crippen molar-refractivity contribution >= 4 is 17.3 Å². The van der Waals surface area contributed by atoms with E-state index in [-0.39, 0.29) is 10.8 Å². The highest BCUT2D eigenvalue weighted by Crippen LogP contribution is 2.54. The maximum Gasteiger partial charge on any atom is 0.214 e. The average molecular weight is 625 g/mol. The van der Waals surface area contributed by atoms with Crippen LogP contribution in [0.5, 0.6) is 5.75 Å². The van der Waals surface area contributed by atoms with Crippen LogP contribution in [0.4, 0.5) is 0 Å². The molecule has 0 fully saturated rings. The molecule has 1 aliphatic rings. The van der Waals surface area contributed by atoms with E-state index in [0.29, 0.717) is 11.8 Å². The lowest BCUT2D eigenvalue weighted by atomic mass is 9.85. The largest absolute Gasteiger partial charge is 0.494 e. The monoisotopic (exact) mass is 624 g/mol. The number of aromatic nitrogens is 4. The lowest BCUT2D eigenvalue weighted by molar-refractivity contribution is 0.303. The van der Waals surface area contributed by atoms with Crippen LogP contribution in [0, 0.1) is 22.7 Å². The molecule has 1 aromatic heterocycles. The Morgan fingerprint density at radius 1 is 0.844 bits per heavy atom. The SMILES string of the molecule is CCCCCCCCCCCCCCCCOc1ccc2c(c1)C(C)(C)C(Sc1nnnn1-c1ccccc1)C2=C(C#N)C#N. The van der Waals surface area contributed by atoms with Gasteiger partial charge in [-0.1, -0.05) is 140 Å². The van der Waals surface area contributed by atoms with Crippen molar-refractivity contribution in [2.75, 3.05) is 6.61 Å². The second kappa shape index (κ2) is 17.8. The highest BCUT2D eigenvalue weighted by atomic mass is 32.2. The molecule has 1 heterocycles. The van der Waals surface area contributed by atoms with E-state index in [0.717, 1.165) is 34.6 Å². The fourth-order valence-corrected chi connectivity index (χ4v) is 7.54. The molecular weight excluding hydrogens is 577 g/mol. The number of ether oxygens (including phenoxy) is 1. The van der Waals surface area contributed by atoms with Gasteiger partial charge in [0.25, 0.3) is 0 Å². The molecule has 238 valence electrons. The standard InChI is InChI=1S/C37H48N6OS/c1-4-5-6-7-8-9-10-11-12-13-14-15-16-20-25-44-31-23-24-32-33(26-31)37(2,3)35(34(32)29(27-38)28-39)45-36-40-41-42-43(36)30-21-18-17-19-22-30/h17-19,21-24,26,35H,4-16,20,25H2,1-3H3. The first-order valence-electron chi connectivity index (χ1n) is 16.8. The van der Waals surface area contributed by atoms with Crippen LogP contribution in [0.2, 0.25) is 0 Å². The van der Waals surface area contributed by atoms with Crippen molar-refractivity contribution in [2.24, 2.45) is 0 Å². The van der Waals surface area contributed by atoms with Gasteiger partial charge in [-0.05, 0) is 52.2 Å². The summed E-state index contributed by atoms with van der Waals surface area (Å²) < 4.78 is 7.91. The van der Waals surface area contributed by atoms with Crippen molar-refractivity contribution in [3.8, 4) is 23.6 Å². The zero-order valence-electron chi connectivity index (χ0n) is 27.3. The van der Waals surface area contributed by atoms with Gasteiger partial charge in [0.15, 0.2) is 0 Å². The van der Waals surface area contributed by atoms with Crippen LogP contribution in [0.3, 0.4) is 0 Å². The van der Waals surface area contributed by atoms with Crippen LogP contribution >= 0.6 is 11.8 Å². The molecule has 4 rings (SSSR count). The van der Waals surface area contributed by atoms with Crippen LogP contribution in [0.15, 0.2) is 59.3 Å². The number of rotatable bonds is 19. The van der Waals surface area contributed by atoms with E-state index in [4.69, 9.17) is 4.74 Å². The van der Waals surface area contributed by atoms with Gasteiger partial charge < -0.3 is 4.74 Å². The van der Waals surface area contributed by atoms with Crippen LogP contribution in [0.25, 0.3) is 11.3 Å². The molecule has 0 aliphatic heterocycles. The van der Waals surface area contributed by atoms with Crippen LogP contribution in [-0.2, 0) is 5.41 Å². The van der Waals surface area contributed by atoms with Gasteiger partial charge in [-0.15, -0.1) is 5.10 Å². The lowest BCUT2D eigenvalue weighted by Gasteiger charge is -2.28. The maximum absolute atomic E-state index is 9.91. The topological polar surface area (TPSA) is 100 Å². The van der Waals surface area contributed by atoms with Gasteiger partial charge in [-0.2, -0.15) is 15.2 Å². The molecule has 0 N–H and O–H groups in total. The Bertz CT molecular complexity index is 1450. The second-order valence-corrected chi connectivity index (χ2v) is 13.7. The van der Waals surface area contributed by atoms with E-state index in [1.807, 2.05) is 42.5 Å². The number of nitriles is 2. The summed E-state index contributed by atoms with van der Waals surface area (Å²) in [4.78, 5) is 0. The molecule has 1 aliphatic carbocycles. The zero-order chi connectivity index (χ0) is 31.9. The fraction of sp³-hybridized carbons (Fsp3) is 0.541. The molecule has 0 saturated carbocycles. The number of tetrazole rings is 1. The summed E-state index contributed by atoms with van der Waals surface area (Å²) in [6, 6.07) is 20.1. The summed E-state index contributed by atoms with van der Waals surface area (Å²) in [5.74, 6) is 0.825. The van der Waals surface area contributed by atoms with Gasteiger partial charge >= 0.3 is 0 Å². The van der Waals surface area contributed by atoms with Crippen molar-refractivity contribution in [3.63, 3.8) is 0 Å². The van der Waals surface area contributed by atoms with E-state index in [9.17, 15) is 10.5 Å². The highest BCUT2D eigenvalue weighted by Gasteiger charge is 2.46. The summed E-state index contributed by atoms with van der Waals surface area (Å²) in [7, 11) is 0. The van der Waals surface area contributed by atoms with E-state index < -0.39 is 5.41 Å². The lowest BCUT2D eigenvalue weighted by Crippen LogP contribution is -2.27. The normalized spacial score (nSPS) is 15.0. The van der Waals surface area contributed by atoms with Crippen molar-refractivity contribution in [1.29, 1.82) is 10.5 Å². The Hall–Kier alpha value is -3.62. The summed E-state index contributed by atoms with van der Waals surface area (Å²) in [5.41, 5.74) is 3.27. The smallest absolute Gasteiger partial charge is 0.214 e. The number of benzene rings is 2. The van der Waals surface area contributed by atoms with Gasteiger partial charge in [0.2, 0.25) is 5.16 Å². The molecule has 0 spiro atoms. The Morgan fingerprint density at radius 2 is 1.44 bits per heavy atom. The predicted octanol–water partition coefficient (Wildman–Crippen LogP) is 9.78. The number of allylic oxidation sites excluding steroid dienone is 1. The molecule has 3 aromatic rings. The summed E-state index contributed by atoms with van der Waals surface area (Å²) >= 11 is 1.48. The first kappa shape index (κ1) is 34.3. The fourth-order valence-electron chi connectivity index (χ4n) is 6.22. The molecule has 45 heavy (non-hydrogen) atoms. The Labute approximate surface area is 274 Å². The van der Waals surface area contributed by atoms with Crippen molar-refractivity contribution in [2.45, 2.75) is 126 Å². The van der Waals surface area contributed by atoms with Crippen molar-refractivity contribution in [1.82, 2.24) is 20.2 Å². The van der Waals surface area contributed by atoms with Crippen LogP contribution < -0.4 is 4.74 Å². The van der Waals surface area contributed by atoms with E-state index >= 15 is 0 Å². The molecule has 8 heteroatoms. The average Bonchev–Trinajstić information content (AvgIpc) is 3.61.